The monoisotopic (exact) mass is 846 g/mol. The van der Waals surface area contributed by atoms with E-state index in [-0.39, 0.29) is 10.8 Å². The summed E-state index contributed by atoms with van der Waals surface area (Å²) < 4.78 is 13.8. The summed E-state index contributed by atoms with van der Waals surface area (Å²) >= 11 is 0. The molecule has 0 spiro atoms. The zero-order valence-corrected chi connectivity index (χ0v) is 38.8. The van der Waals surface area contributed by atoms with Gasteiger partial charge in [-0.05, 0) is 160 Å². The summed E-state index contributed by atoms with van der Waals surface area (Å²) in [5.74, 6) is 0. The van der Waals surface area contributed by atoms with Gasteiger partial charge in [-0.25, -0.2) is 0 Å². The van der Waals surface area contributed by atoms with Crippen molar-refractivity contribution in [2.75, 3.05) is 9.80 Å². The fourth-order valence-corrected chi connectivity index (χ4v) is 10.2. The average Bonchev–Trinajstić information content (AvgIpc) is 3.84. The molecule has 0 saturated carbocycles. The van der Waals surface area contributed by atoms with Gasteiger partial charge in [-0.3, -0.25) is 0 Å². The molecule has 0 aliphatic rings. The molecule has 4 heteroatoms. The van der Waals surface area contributed by atoms with Crippen LogP contribution in [0.1, 0.15) is 69.4 Å². The Morgan fingerprint density at radius 3 is 1.28 bits per heavy atom. The lowest BCUT2D eigenvalue weighted by atomic mass is 9.85. The van der Waals surface area contributed by atoms with Crippen molar-refractivity contribution in [3.8, 4) is 0 Å². The van der Waals surface area contributed by atoms with E-state index in [1.807, 2.05) is 0 Å². The molecule has 0 N–H and O–H groups in total. The van der Waals surface area contributed by atoms with Crippen molar-refractivity contribution in [1.29, 1.82) is 0 Å². The minimum absolute atomic E-state index is 0.0494. The van der Waals surface area contributed by atoms with Gasteiger partial charge in [-0.15, -0.1) is 0 Å². The van der Waals surface area contributed by atoms with Crippen LogP contribution in [0.5, 0.6) is 0 Å². The van der Waals surface area contributed by atoms with E-state index in [9.17, 15) is 0 Å². The van der Waals surface area contributed by atoms with E-state index in [0.717, 1.165) is 93.7 Å². The average molecular weight is 847 g/mol. The minimum Gasteiger partial charge on any atom is -0.452 e. The molecule has 0 aliphatic heterocycles. The third kappa shape index (κ3) is 6.74. The van der Waals surface area contributed by atoms with Crippen LogP contribution in [0, 0.1) is 20.8 Å². The van der Waals surface area contributed by atoms with Crippen molar-refractivity contribution >= 4 is 99.5 Å². The van der Waals surface area contributed by atoms with Gasteiger partial charge in [-0.2, -0.15) is 0 Å². The summed E-state index contributed by atoms with van der Waals surface area (Å²) in [6.45, 7) is 20.3. The van der Waals surface area contributed by atoms with E-state index in [4.69, 9.17) is 8.83 Å². The summed E-state index contributed by atoms with van der Waals surface area (Å²) in [4.78, 5) is 4.83. The standard InChI is InChI=1S/C61H54N2O2/c1-37-18-10-14-22-51(37)62(53-24-16-12-20-49(53)60(4,5)6)44-28-26-40-33-46-47-30-39(3)57-48-34-41-27-29-45(32-43(41)36-56(48)65-59(57)58(47)64-55(46)35-42(40)31-44)63(52-23-15-11-19-38(52)2)54-25-17-13-21-50(54)61(7,8)9/h10-36H,1-9H3. The zero-order valence-electron chi connectivity index (χ0n) is 38.8. The van der Waals surface area contributed by atoms with Crippen LogP contribution in [0.4, 0.5) is 34.1 Å². The number of para-hydroxylation sites is 4. The highest BCUT2D eigenvalue weighted by Gasteiger charge is 2.27. The Hall–Kier alpha value is -7.30. The zero-order chi connectivity index (χ0) is 44.9. The largest absolute Gasteiger partial charge is 0.452 e. The topological polar surface area (TPSA) is 32.8 Å². The number of benzene rings is 9. The third-order valence-electron chi connectivity index (χ3n) is 13.4. The molecule has 0 atom stereocenters. The highest BCUT2D eigenvalue weighted by atomic mass is 16.4. The predicted molar refractivity (Wildman–Crippen MR) is 277 cm³/mol. The molecule has 65 heavy (non-hydrogen) atoms. The third-order valence-corrected chi connectivity index (χ3v) is 13.4. The molecule has 0 radical (unpaired) electrons. The van der Waals surface area contributed by atoms with E-state index in [0.29, 0.717) is 0 Å². The maximum absolute atomic E-state index is 6.92. The highest BCUT2D eigenvalue weighted by Crippen LogP contribution is 2.47. The van der Waals surface area contributed by atoms with Crippen molar-refractivity contribution in [3.63, 3.8) is 0 Å². The lowest BCUT2D eigenvalue weighted by Gasteiger charge is -2.33. The molecule has 2 heterocycles. The Bertz CT molecular complexity index is 3680. The van der Waals surface area contributed by atoms with Crippen LogP contribution in [-0.2, 0) is 10.8 Å². The number of hydrogen-bond acceptors (Lipinski definition) is 4. The maximum Gasteiger partial charge on any atom is 0.178 e. The van der Waals surface area contributed by atoms with Crippen molar-refractivity contribution in [2.24, 2.45) is 0 Å². The van der Waals surface area contributed by atoms with E-state index in [1.165, 1.54) is 33.6 Å². The van der Waals surface area contributed by atoms with E-state index < -0.39 is 0 Å². The van der Waals surface area contributed by atoms with Gasteiger partial charge < -0.3 is 18.6 Å². The van der Waals surface area contributed by atoms with Crippen molar-refractivity contribution < 1.29 is 8.83 Å². The molecule has 0 fully saturated rings. The Kier molecular flexibility index (Phi) is 9.27. The summed E-state index contributed by atoms with van der Waals surface area (Å²) in [6, 6.07) is 59.8. The van der Waals surface area contributed by atoms with Crippen LogP contribution in [0.3, 0.4) is 0 Å². The van der Waals surface area contributed by atoms with Gasteiger partial charge in [0.15, 0.2) is 11.2 Å². The first-order valence-corrected chi connectivity index (χ1v) is 22.8. The molecule has 9 aromatic carbocycles. The molecule has 0 amide bonds. The number of fused-ring (bicyclic) bond motifs is 9. The summed E-state index contributed by atoms with van der Waals surface area (Å²) in [5, 5.41) is 8.89. The normalized spacial score (nSPS) is 12.4. The summed E-state index contributed by atoms with van der Waals surface area (Å²) in [5.41, 5.74) is 16.2. The fraction of sp³-hybridized carbons (Fsp3) is 0.180. The molecule has 0 saturated heterocycles. The number of aryl methyl sites for hydroxylation is 3. The minimum atomic E-state index is -0.0497. The first-order chi connectivity index (χ1) is 31.2. The number of furan rings is 2. The number of rotatable bonds is 6. The van der Waals surface area contributed by atoms with Crippen molar-refractivity contribution in [1.82, 2.24) is 0 Å². The summed E-state index contributed by atoms with van der Waals surface area (Å²) in [7, 11) is 0. The molecule has 320 valence electrons. The van der Waals surface area contributed by atoms with Gasteiger partial charge in [0.05, 0.1) is 0 Å². The second kappa shape index (κ2) is 14.9. The van der Waals surface area contributed by atoms with E-state index in [2.05, 4.69) is 236 Å². The van der Waals surface area contributed by atoms with Gasteiger partial charge in [0.2, 0.25) is 0 Å². The number of nitrogens with zero attached hydrogens (tertiary/aromatic N) is 2. The Balaban J connectivity index is 1.06. The first kappa shape index (κ1) is 40.5. The van der Waals surface area contributed by atoms with Crippen LogP contribution in [0.2, 0.25) is 0 Å². The molecule has 0 unspecified atom stereocenters. The van der Waals surface area contributed by atoms with Crippen LogP contribution in [-0.4, -0.2) is 0 Å². The Morgan fingerprint density at radius 2 is 0.785 bits per heavy atom. The van der Waals surface area contributed by atoms with E-state index >= 15 is 0 Å². The smallest absolute Gasteiger partial charge is 0.178 e. The first-order valence-electron chi connectivity index (χ1n) is 22.8. The van der Waals surface area contributed by atoms with Crippen LogP contribution in [0.25, 0.3) is 65.4 Å². The molecule has 0 bridgehead atoms. The fourth-order valence-electron chi connectivity index (χ4n) is 10.2. The van der Waals surface area contributed by atoms with Crippen molar-refractivity contribution in [2.45, 2.75) is 73.1 Å². The predicted octanol–water partition coefficient (Wildman–Crippen LogP) is 18.3. The lowest BCUT2D eigenvalue weighted by molar-refractivity contribution is 0.590. The highest BCUT2D eigenvalue weighted by molar-refractivity contribution is 6.22. The number of anilines is 6. The molecule has 11 rings (SSSR count). The van der Waals surface area contributed by atoms with Gasteiger partial charge in [0, 0.05) is 55.7 Å². The van der Waals surface area contributed by atoms with Crippen LogP contribution >= 0.6 is 0 Å². The van der Waals surface area contributed by atoms with Gasteiger partial charge in [0.25, 0.3) is 0 Å². The quantitative estimate of drug-likeness (QED) is 0.167. The Morgan fingerprint density at radius 1 is 0.354 bits per heavy atom. The Labute approximate surface area is 381 Å². The molecule has 11 aromatic rings. The molecule has 4 nitrogen and oxygen atoms in total. The molecule has 2 aromatic heterocycles. The maximum atomic E-state index is 6.92. The SMILES string of the molecule is Cc1ccccc1N(c1ccc2cc3c(cc2c1)oc1c3cc(C)c2c3cc4ccc(N(c5ccccc5C)c5ccccc5C(C)(C)C)cc4cc3oc12)c1ccccc1C(C)(C)C. The lowest BCUT2D eigenvalue weighted by Crippen LogP contribution is -2.19. The van der Waals surface area contributed by atoms with E-state index in [1.54, 1.807) is 0 Å². The summed E-state index contributed by atoms with van der Waals surface area (Å²) in [6.07, 6.45) is 0. The molecular weight excluding hydrogens is 793 g/mol. The van der Waals surface area contributed by atoms with Crippen molar-refractivity contribution in [3.05, 3.63) is 192 Å². The number of hydrogen-bond donors (Lipinski definition) is 0. The second-order valence-corrected chi connectivity index (χ2v) is 20.0. The second-order valence-electron chi connectivity index (χ2n) is 20.0. The van der Waals surface area contributed by atoms with Gasteiger partial charge >= 0.3 is 0 Å². The van der Waals surface area contributed by atoms with Gasteiger partial charge in [0.1, 0.15) is 11.2 Å². The molecule has 0 aliphatic carbocycles. The van der Waals surface area contributed by atoms with Crippen LogP contribution < -0.4 is 9.80 Å². The van der Waals surface area contributed by atoms with Gasteiger partial charge in [-0.1, -0.05) is 126 Å². The van der Waals surface area contributed by atoms with Crippen LogP contribution in [0.15, 0.2) is 173 Å². The molecular formula is C61H54N2O2.